The standard InChI is InChI=1S/C15H24N2O2/c1-2-3-4-5-12-19-14-9-6-13(7-10-14)8-11-15(18)17-16/h6-7,9-10H,2-5,8,11-12,16H2,1H3,(H,17,18). The third kappa shape index (κ3) is 6.82. The number of amides is 1. The third-order valence-corrected chi connectivity index (χ3v) is 2.99. The molecular weight excluding hydrogens is 240 g/mol. The van der Waals surface area contributed by atoms with Gasteiger partial charge in [-0.25, -0.2) is 5.84 Å². The maximum Gasteiger partial charge on any atom is 0.234 e. The Morgan fingerprint density at radius 2 is 1.95 bits per heavy atom. The lowest BCUT2D eigenvalue weighted by molar-refractivity contribution is -0.121. The fourth-order valence-corrected chi connectivity index (χ4v) is 1.80. The zero-order valence-electron chi connectivity index (χ0n) is 11.7. The number of ether oxygens (including phenoxy) is 1. The first kappa shape index (κ1) is 15.5. The van der Waals surface area contributed by atoms with E-state index >= 15 is 0 Å². The van der Waals surface area contributed by atoms with Crippen molar-refractivity contribution in [1.82, 2.24) is 5.43 Å². The van der Waals surface area contributed by atoms with Crippen molar-refractivity contribution in [2.24, 2.45) is 5.84 Å². The lowest BCUT2D eigenvalue weighted by Gasteiger charge is -2.07. The van der Waals surface area contributed by atoms with Gasteiger partial charge in [0.1, 0.15) is 5.75 Å². The molecule has 3 N–H and O–H groups in total. The molecule has 1 aromatic rings. The van der Waals surface area contributed by atoms with Crippen molar-refractivity contribution >= 4 is 5.91 Å². The molecule has 4 nitrogen and oxygen atoms in total. The smallest absolute Gasteiger partial charge is 0.234 e. The van der Waals surface area contributed by atoms with E-state index in [4.69, 9.17) is 10.6 Å². The molecule has 1 rings (SSSR count). The number of nitrogens with one attached hydrogen (secondary N) is 1. The number of hydrogen-bond donors (Lipinski definition) is 2. The summed E-state index contributed by atoms with van der Waals surface area (Å²) in [7, 11) is 0. The van der Waals surface area contributed by atoms with Gasteiger partial charge in [-0.1, -0.05) is 38.3 Å². The van der Waals surface area contributed by atoms with Gasteiger partial charge in [0.05, 0.1) is 6.61 Å². The summed E-state index contributed by atoms with van der Waals surface area (Å²) < 4.78 is 5.66. The van der Waals surface area contributed by atoms with E-state index in [1.54, 1.807) is 0 Å². The van der Waals surface area contributed by atoms with E-state index in [0.29, 0.717) is 12.8 Å². The van der Waals surface area contributed by atoms with Gasteiger partial charge >= 0.3 is 0 Å². The molecule has 1 amide bonds. The monoisotopic (exact) mass is 264 g/mol. The highest BCUT2D eigenvalue weighted by atomic mass is 16.5. The van der Waals surface area contributed by atoms with Crippen LogP contribution in [0.25, 0.3) is 0 Å². The van der Waals surface area contributed by atoms with Gasteiger partial charge in [0.25, 0.3) is 0 Å². The number of hydrazine groups is 1. The van der Waals surface area contributed by atoms with Gasteiger partial charge in [0, 0.05) is 6.42 Å². The maximum atomic E-state index is 11.0. The normalized spacial score (nSPS) is 10.2. The molecule has 0 aliphatic heterocycles. The largest absolute Gasteiger partial charge is 0.494 e. The zero-order chi connectivity index (χ0) is 13.9. The van der Waals surface area contributed by atoms with E-state index in [0.717, 1.165) is 24.3 Å². The number of nitrogens with two attached hydrogens (primary N) is 1. The minimum atomic E-state index is -0.142. The molecule has 0 spiro atoms. The van der Waals surface area contributed by atoms with Gasteiger partial charge in [-0.2, -0.15) is 0 Å². The molecule has 0 fully saturated rings. The predicted octanol–water partition coefficient (Wildman–Crippen LogP) is 2.57. The van der Waals surface area contributed by atoms with E-state index in [2.05, 4.69) is 12.3 Å². The zero-order valence-corrected chi connectivity index (χ0v) is 11.7. The first-order valence-corrected chi connectivity index (χ1v) is 6.97. The van der Waals surface area contributed by atoms with Crippen molar-refractivity contribution in [3.05, 3.63) is 29.8 Å². The number of rotatable bonds is 9. The van der Waals surface area contributed by atoms with E-state index in [1.807, 2.05) is 24.3 Å². The molecule has 0 unspecified atom stereocenters. The van der Waals surface area contributed by atoms with Crippen LogP contribution in [0.4, 0.5) is 0 Å². The van der Waals surface area contributed by atoms with Crippen LogP contribution >= 0.6 is 0 Å². The summed E-state index contributed by atoms with van der Waals surface area (Å²) in [6.45, 7) is 2.97. The van der Waals surface area contributed by atoms with Gasteiger partial charge in [0.2, 0.25) is 5.91 Å². The second kappa shape index (κ2) is 9.39. The van der Waals surface area contributed by atoms with Crippen molar-refractivity contribution < 1.29 is 9.53 Å². The fraction of sp³-hybridized carbons (Fsp3) is 0.533. The van der Waals surface area contributed by atoms with Crippen LogP contribution in [0.3, 0.4) is 0 Å². The molecule has 106 valence electrons. The molecule has 19 heavy (non-hydrogen) atoms. The Balaban J connectivity index is 2.25. The molecule has 1 aromatic carbocycles. The summed E-state index contributed by atoms with van der Waals surface area (Å²) in [4.78, 5) is 11.0. The number of carbonyl (C=O) groups is 1. The number of aryl methyl sites for hydroxylation is 1. The van der Waals surface area contributed by atoms with Crippen LogP contribution in [0.1, 0.15) is 44.6 Å². The molecule has 0 heterocycles. The van der Waals surface area contributed by atoms with Crippen LogP contribution in [0.5, 0.6) is 5.75 Å². The van der Waals surface area contributed by atoms with Crippen molar-refractivity contribution in [3.63, 3.8) is 0 Å². The van der Waals surface area contributed by atoms with Crippen LogP contribution in [-0.2, 0) is 11.2 Å². The van der Waals surface area contributed by atoms with E-state index in [9.17, 15) is 4.79 Å². The fourth-order valence-electron chi connectivity index (χ4n) is 1.80. The van der Waals surface area contributed by atoms with Crippen molar-refractivity contribution in [1.29, 1.82) is 0 Å². The number of hydrogen-bond acceptors (Lipinski definition) is 3. The van der Waals surface area contributed by atoms with Gasteiger partial charge < -0.3 is 4.74 Å². The highest BCUT2D eigenvalue weighted by molar-refractivity contribution is 5.75. The number of carbonyl (C=O) groups excluding carboxylic acids is 1. The molecule has 0 aliphatic rings. The average Bonchev–Trinajstić information content (AvgIpc) is 2.45. The number of benzene rings is 1. The highest BCUT2D eigenvalue weighted by Crippen LogP contribution is 2.14. The quantitative estimate of drug-likeness (QED) is 0.312. The predicted molar refractivity (Wildman–Crippen MR) is 76.7 cm³/mol. The molecule has 0 aliphatic carbocycles. The van der Waals surface area contributed by atoms with Crippen molar-refractivity contribution in [2.45, 2.75) is 45.4 Å². The van der Waals surface area contributed by atoms with Crippen molar-refractivity contribution in [3.8, 4) is 5.75 Å². The molecule has 4 heteroatoms. The van der Waals surface area contributed by atoms with E-state index < -0.39 is 0 Å². The molecule has 0 saturated heterocycles. The summed E-state index contributed by atoms with van der Waals surface area (Å²) in [6.07, 6.45) is 5.94. The van der Waals surface area contributed by atoms with Gasteiger partial charge in [-0.05, 0) is 30.5 Å². The maximum absolute atomic E-state index is 11.0. The Morgan fingerprint density at radius 3 is 2.58 bits per heavy atom. The first-order chi connectivity index (χ1) is 9.26. The highest BCUT2D eigenvalue weighted by Gasteiger charge is 2.00. The summed E-state index contributed by atoms with van der Waals surface area (Å²) in [5, 5.41) is 0. The second-order valence-electron chi connectivity index (χ2n) is 4.62. The summed E-state index contributed by atoms with van der Waals surface area (Å²) in [6, 6.07) is 7.89. The van der Waals surface area contributed by atoms with E-state index in [1.165, 1.54) is 19.3 Å². The van der Waals surface area contributed by atoms with E-state index in [-0.39, 0.29) is 5.91 Å². The lowest BCUT2D eigenvalue weighted by atomic mass is 10.1. The first-order valence-electron chi connectivity index (χ1n) is 6.97. The minimum Gasteiger partial charge on any atom is -0.494 e. The summed E-state index contributed by atoms with van der Waals surface area (Å²) >= 11 is 0. The molecule has 0 saturated carbocycles. The molecule has 0 radical (unpaired) electrons. The minimum absolute atomic E-state index is 0.142. The van der Waals surface area contributed by atoms with Gasteiger partial charge in [0.15, 0.2) is 0 Å². The number of unbranched alkanes of at least 4 members (excludes halogenated alkanes) is 3. The van der Waals surface area contributed by atoms with Crippen LogP contribution < -0.4 is 16.0 Å². The second-order valence-corrected chi connectivity index (χ2v) is 4.62. The Morgan fingerprint density at radius 1 is 1.21 bits per heavy atom. The lowest BCUT2D eigenvalue weighted by Crippen LogP contribution is -2.30. The Hall–Kier alpha value is -1.55. The van der Waals surface area contributed by atoms with Crippen LogP contribution in [0.2, 0.25) is 0 Å². The molecular formula is C15H24N2O2. The Bertz CT molecular complexity index is 363. The third-order valence-electron chi connectivity index (χ3n) is 2.99. The topological polar surface area (TPSA) is 64.3 Å². The van der Waals surface area contributed by atoms with Crippen LogP contribution in [0, 0.1) is 0 Å². The van der Waals surface area contributed by atoms with Gasteiger partial charge in [-0.15, -0.1) is 0 Å². The van der Waals surface area contributed by atoms with Crippen LogP contribution in [0.15, 0.2) is 24.3 Å². The molecule has 0 bridgehead atoms. The Labute approximate surface area is 115 Å². The summed E-state index contributed by atoms with van der Waals surface area (Å²) in [5.74, 6) is 5.78. The molecule has 0 aromatic heterocycles. The Kier molecular flexibility index (Phi) is 7.66. The molecule has 0 atom stereocenters. The summed E-state index contributed by atoms with van der Waals surface area (Å²) in [5.41, 5.74) is 3.24. The van der Waals surface area contributed by atoms with Gasteiger partial charge in [-0.3, -0.25) is 10.2 Å². The van der Waals surface area contributed by atoms with Crippen molar-refractivity contribution in [2.75, 3.05) is 6.61 Å². The SMILES string of the molecule is CCCCCCOc1ccc(CCC(=O)NN)cc1. The average molecular weight is 264 g/mol. The van der Waals surface area contributed by atoms with Crippen LogP contribution in [-0.4, -0.2) is 12.5 Å².